The van der Waals surface area contributed by atoms with Crippen LogP contribution in [-0.2, 0) is 9.53 Å². The number of hydrogen-bond acceptors (Lipinski definition) is 5. The van der Waals surface area contributed by atoms with Gasteiger partial charge in [-0.05, 0) is 18.1 Å². The van der Waals surface area contributed by atoms with Gasteiger partial charge in [0.05, 0.1) is 31.1 Å². The second-order valence-corrected chi connectivity index (χ2v) is 5.26. The molecule has 0 bridgehead atoms. The van der Waals surface area contributed by atoms with Crippen molar-refractivity contribution in [1.29, 1.82) is 0 Å². The van der Waals surface area contributed by atoms with Crippen LogP contribution in [0.4, 0.5) is 11.5 Å². The Labute approximate surface area is 119 Å². The molecule has 0 aliphatic carbocycles. The van der Waals surface area contributed by atoms with Gasteiger partial charge >= 0.3 is 0 Å². The summed E-state index contributed by atoms with van der Waals surface area (Å²) in [7, 11) is 0. The first-order valence-corrected chi connectivity index (χ1v) is 6.93. The number of morpholine rings is 1. The number of rotatable bonds is 4. The zero-order valence-electron chi connectivity index (χ0n) is 12.0. The number of carbonyl (C=O) groups is 1. The zero-order valence-corrected chi connectivity index (χ0v) is 12.0. The summed E-state index contributed by atoms with van der Waals surface area (Å²) in [6.07, 6.45) is 1.77. The van der Waals surface area contributed by atoms with Gasteiger partial charge in [-0.2, -0.15) is 0 Å². The highest BCUT2D eigenvalue weighted by molar-refractivity contribution is 5.94. The van der Waals surface area contributed by atoms with Crippen molar-refractivity contribution < 1.29 is 9.53 Å². The zero-order chi connectivity index (χ0) is 14.5. The van der Waals surface area contributed by atoms with Crippen molar-refractivity contribution in [2.24, 2.45) is 11.7 Å². The molecule has 0 aromatic carbocycles. The molecule has 3 N–H and O–H groups in total. The molecule has 20 heavy (non-hydrogen) atoms. The van der Waals surface area contributed by atoms with Gasteiger partial charge in [-0.3, -0.25) is 4.79 Å². The number of aromatic nitrogens is 1. The lowest BCUT2D eigenvalue weighted by Crippen LogP contribution is -2.40. The molecule has 110 valence electrons. The Morgan fingerprint density at radius 3 is 2.65 bits per heavy atom. The first-order chi connectivity index (χ1) is 9.58. The first-order valence-electron chi connectivity index (χ1n) is 6.93. The molecule has 1 atom stereocenters. The molecular weight excluding hydrogens is 256 g/mol. The number of amides is 1. The summed E-state index contributed by atoms with van der Waals surface area (Å²) in [5.41, 5.74) is 6.83. The molecule has 1 amide bonds. The van der Waals surface area contributed by atoms with Crippen molar-refractivity contribution in [1.82, 2.24) is 4.98 Å². The Bertz CT molecular complexity index is 441. The minimum absolute atomic E-state index is 0.0997. The van der Waals surface area contributed by atoms with Crippen molar-refractivity contribution >= 4 is 17.4 Å². The first kappa shape index (κ1) is 14.7. The molecule has 1 aliphatic rings. The second kappa shape index (κ2) is 6.67. The van der Waals surface area contributed by atoms with Gasteiger partial charge in [-0.1, -0.05) is 13.8 Å². The molecule has 1 aliphatic heterocycles. The van der Waals surface area contributed by atoms with E-state index >= 15 is 0 Å². The molecule has 6 nitrogen and oxygen atoms in total. The van der Waals surface area contributed by atoms with Crippen LogP contribution in [0.2, 0.25) is 0 Å². The van der Waals surface area contributed by atoms with Gasteiger partial charge in [0.2, 0.25) is 5.91 Å². The summed E-state index contributed by atoms with van der Waals surface area (Å²) < 4.78 is 5.31. The quantitative estimate of drug-likeness (QED) is 0.853. The van der Waals surface area contributed by atoms with E-state index in [-0.39, 0.29) is 11.8 Å². The maximum atomic E-state index is 11.8. The highest BCUT2D eigenvalue weighted by Crippen LogP contribution is 2.16. The summed E-state index contributed by atoms with van der Waals surface area (Å²) >= 11 is 0. The highest BCUT2D eigenvalue weighted by Gasteiger charge is 2.18. The van der Waals surface area contributed by atoms with Crippen LogP contribution in [0.1, 0.15) is 13.8 Å². The largest absolute Gasteiger partial charge is 0.378 e. The molecule has 1 fully saturated rings. The molecule has 1 aromatic rings. The van der Waals surface area contributed by atoms with E-state index in [9.17, 15) is 4.79 Å². The van der Waals surface area contributed by atoms with E-state index in [0.29, 0.717) is 5.82 Å². The van der Waals surface area contributed by atoms with Crippen LogP contribution in [0.15, 0.2) is 18.3 Å². The van der Waals surface area contributed by atoms with Gasteiger partial charge in [-0.15, -0.1) is 0 Å². The summed E-state index contributed by atoms with van der Waals surface area (Å²) in [6, 6.07) is 3.24. The van der Waals surface area contributed by atoms with E-state index in [2.05, 4.69) is 15.2 Å². The fraction of sp³-hybridized carbons (Fsp3) is 0.571. The third-order valence-corrected chi connectivity index (χ3v) is 3.40. The van der Waals surface area contributed by atoms with E-state index in [0.717, 1.165) is 32.0 Å². The molecule has 0 saturated carbocycles. The van der Waals surface area contributed by atoms with E-state index < -0.39 is 6.04 Å². The van der Waals surface area contributed by atoms with Gasteiger partial charge in [0.15, 0.2) is 0 Å². The topological polar surface area (TPSA) is 80.5 Å². The minimum Gasteiger partial charge on any atom is -0.378 e. The fourth-order valence-corrected chi connectivity index (χ4v) is 1.98. The Morgan fingerprint density at radius 1 is 1.40 bits per heavy atom. The minimum atomic E-state index is -0.518. The predicted molar refractivity (Wildman–Crippen MR) is 78.7 cm³/mol. The molecular formula is C14H22N4O2. The number of hydrogen-bond donors (Lipinski definition) is 2. The summed E-state index contributed by atoms with van der Waals surface area (Å²) in [5, 5.41) is 2.73. The van der Waals surface area contributed by atoms with Gasteiger partial charge < -0.3 is 20.7 Å². The Kier molecular flexibility index (Phi) is 4.92. The van der Waals surface area contributed by atoms with Gasteiger partial charge in [0, 0.05) is 13.1 Å². The van der Waals surface area contributed by atoms with E-state index in [1.54, 1.807) is 12.3 Å². The molecule has 0 spiro atoms. The maximum Gasteiger partial charge on any atom is 0.242 e. The van der Waals surface area contributed by atoms with E-state index in [4.69, 9.17) is 10.5 Å². The number of nitrogens with one attached hydrogen (secondary N) is 1. The van der Waals surface area contributed by atoms with Crippen LogP contribution in [-0.4, -0.2) is 43.2 Å². The smallest absolute Gasteiger partial charge is 0.242 e. The normalized spacial score (nSPS) is 17.1. The van der Waals surface area contributed by atoms with Gasteiger partial charge in [0.25, 0.3) is 0 Å². The third kappa shape index (κ3) is 3.68. The van der Waals surface area contributed by atoms with Crippen LogP contribution >= 0.6 is 0 Å². The van der Waals surface area contributed by atoms with E-state index in [1.807, 2.05) is 19.9 Å². The van der Waals surface area contributed by atoms with Crippen molar-refractivity contribution in [2.45, 2.75) is 19.9 Å². The lowest BCUT2D eigenvalue weighted by atomic mass is 10.1. The lowest BCUT2D eigenvalue weighted by Gasteiger charge is -2.28. The number of nitrogens with two attached hydrogens (primary N) is 1. The fourth-order valence-electron chi connectivity index (χ4n) is 1.98. The molecule has 1 saturated heterocycles. The van der Waals surface area contributed by atoms with Crippen LogP contribution < -0.4 is 16.0 Å². The van der Waals surface area contributed by atoms with Crippen LogP contribution in [0.5, 0.6) is 0 Å². The third-order valence-electron chi connectivity index (χ3n) is 3.40. The van der Waals surface area contributed by atoms with Crippen LogP contribution in [0.3, 0.4) is 0 Å². The number of carbonyl (C=O) groups excluding carboxylic acids is 1. The predicted octanol–water partition coefficient (Wildman–Crippen LogP) is 0.840. The van der Waals surface area contributed by atoms with Gasteiger partial charge in [0.1, 0.15) is 5.82 Å². The Balaban J connectivity index is 1.96. The Hall–Kier alpha value is -1.66. The SMILES string of the molecule is CC(C)C(N)C(=O)Nc1ccc(N2CCOCC2)cn1. The highest BCUT2D eigenvalue weighted by atomic mass is 16.5. The van der Waals surface area contributed by atoms with Crippen molar-refractivity contribution in [3.8, 4) is 0 Å². The molecule has 0 radical (unpaired) electrons. The number of nitrogens with zero attached hydrogens (tertiary/aromatic N) is 2. The molecule has 6 heteroatoms. The summed E-state index contributed by atoms with van der Waals surface area (Å²) in [6.45, 7) is 7.04. The number of anilines is 2. The van der Waals surface area contributed by atoms with Crippen molar-refractivity contribution in [2.75, 3.05) is 36.5 Å². The second-order valence-electron chi connectivity index (χ2n) is 5.26. The maximum absolute atomic E-state index is 11.8. The number of ether oxygens (including phenoxy) is 1. The Morgan fingerprint density at radius 2 is 2.10 bits per heavy atom. The van der Waals surface area contributed by atoms with E-state index in [1.165, 1.54) is 0 Å². The standard InChI is InChI=1S/C14H22N4O2/c1-10(2)13(15)14(19)17-12-4-3-11(9-16-12)18-5-7-20-8-6-18/h3-4,9-10,13H,5-8,15H2,1-2H3,(H,16,17,19). The molecule has 2 rings (SSSR count). The summed E-state index contributed by atoms with van der Waals surface area (Å²) in [4.78, 5) is 18.3. The van der Waals surface area contributed by atoms with Crippen molar-refractivity contribution in [3.05, 3.63) is 18.3 Å². The van der Waals surface area contributed by atoms with Crippen LogP contribution in [0.25, 0.3) is 0 Å². The average Bonchev–Trinajstić information content (AvgIpc) is 2.48. The lowest BCUT2D eigenvalue weighted by molar-refractivity contribution is -0.118. The number of pyridine rings is 1. The summed E-state index contributed by atoms with van der Waals surface area (Å²) in [5.74, 6) is 0.428. The monoisotopic (exact) mass is 278 g/mol. The van der Waals surface area contributed by atoms with Crippen LogP contribution in [0, 0.1) is 5.92 Å². The molecule has 1 aromatic heterocycles. The molecule has 1 unspecified atom stereocenters. The van der Waals surface area contributed by atoms with Crippen molar-refractivity contribution in [3.63, 3.8) is 0 Å². The molecule has 2 heterocycles. The van der Waals surface area contributed by atoms with Gasteiger partial charge in [-0.25, -0.2) is 4.98 Å². The average molecular weight is 278 g/mol.